The van der Waals surface area contributed by atoms with Crippen LogP contribution in [0, 0.1) is 0 Å². The van der Waals surface area contributed by atoms with E-state index in [1.165, 1.54) is 0 Å². The first-order chi connectivity index (χ1) is 22.2. The number of ketones is 2. The van der Waals surface area contributed by atoms with Crippen molar-refractivity contribution in [1.29, 1.82) is 0 Å². The maximum absolute atomic E-state index is 13.1. The summed E-state index contributed by atoms with van der Waals surface area (Å²) in [5, 5.41) is 27.5. The van der Waals surface area contributed by atoms with E-state index in [1.54, 1.807) is 12.3 Å². The lowest BCUT2D eigenvalue weighted by atomic mass is 9.94. The van der Waals surface area contributed by atoms with Crippen molar-refractivity contribution < 1.29 is 48.6 Å². The van der Waals surface area contributed by atoms with Crippen LogP contribution < -0.4 is 32.7 Å². The number of nitrogens with one attached hydrogen (secondary N) is 4. The van der Waals surface area contributed by atoms with Crippen molar-refractivity contribution in [2.75, 3.05) is 24.6 Å². The molecule has 2 rings (SSSR count). The minimum Gasteiger partial charge on any atom is -0.480 e. The van der Waals surface area contributed by atoms with Gasteiger partial charge >= 0.3 is 11.9 Å². The Kier molecular flexibility index (Phi) is 15.9. The number of carbonyl (C=O) groups is 8. The maximum atomic E-state index is 13.1. The Labute approximate surface area is 281 Å². The van der Waals surface area contributed by atoms with Crippen LogP contribution in [0.5, 0.6) is 0 Å². The van der Waals surface area contributed by atoms with E-state index < -0.39 is 65.7 Å². The number of Topliss-reactive ketones (excluding diaryl/α,β-unsaturated/α-hetero) is 2. The molecule has 1 aromatic heterocycles. The number of aryl methyl sites for hydroxylation is 1. The lowest BCUT2D eigenvalue weighted by Crippen LogP contribution is -2.49. The van der Waals surface area contributed by atoms with Crippen LogP contribution in [0.4, 0.5) is 0 Å². The third kappa shape index (κ3) is 12.3. The van der Waals surface area contributed by atoms with E-state index in [4.69, 9.17) is 21.7 Å². The first-order valence-corrected chi connectivity index (χ1v) is 16.0. The highest BCUT2D eigenvalue weighted by molar-refractivity contribution is 7.80. The van der Waals surface area contributed by atoms with Crippen LogP contribution in [-0.2, 0) is 51.3 Å². The zero-order valence-electron chi connectivity index (χ0n) is 25.5. The molecule has 1 aromatic rings. The summed E-state index contributed by atoms with van der Waals surface area (Å²) in [5.74, 6) is -6.44. The van der Waals surface area contributed by atoms with E-state index >= 15 is 0 Å². The number of carbonyl (C=O) groups excluding carboxylic acids is 6. The molecule has 0 bridgehead atoms. The van der Waals surface area contributed by atoms with Gasteiger partial charge in [0, 0.05) is 49.2 Å². The van der Waals surface area contributed by atoms with Gasteiger partial charge in [-0.15, -0.1) is 0 Å². The van der Waals surface area contributed by atoms with Crippen LogP contribution in [0.3, 0.4) is 0 Å². The quantitative estimate of drug-likeness (QED) is 0.0579. The molecular formula is C28H41N7O10S2. The summed E-state index contributed by atoms with van der Waals surface area (Å²) in [6, 6.07) is -2.88. The van der Waals surface area contributed by atoms with Gasteiger partial charge in [0.25, 0.3) is 0 Å². The molecule has 19 heteroatoms. The highest BCUT2D eigenvalue weighted by atomic mass is 32.1. The standard InChI is InChI=1S/C28H41N7O10S2/c29-17(27(42)43)1-3-22(38)33-19(12-46)25(40)31-10-15(36)9-14-5-7-35-8-6-16(24(14)35)21(37)11-32-26(41)20(13-47)34-23(39)4-2-18(30)28(44)45/h5,7,16-20,46-47H,1-4,6,8-13,29-30H2,(H,31,40)(H,32,41)(H,33,38)(H,34,39)(H,42,43)(H,44,45)/t16-,17-,18-,19-,20-/m0/s1. The average Bonchev–Trinajstić information content (AvgIpc) is 3.64. The molecule has 260 valence electrons. The molecule has 0 saturated heterocycles. The molecule has 0 aliphatic carbocycles. The molecule has 1 aliphatic rings. The van der Waals surface area contributed by atoms with Crippen LogP contribution in [0.1, 0.15) is 49.3 Å². The molecular weight excluding hydrogens is 658 g/mol. The number of nitrogens with zero attached hydrogens (tertiary/aromatic N) is 1. The summed E-state index contributed by atoms with van der Waals surface area (Å²) < 4.78 is 1.84. The van der Waals surface area contributed by atoms with Crippen LogP contribution in [-0.4, -0.2) is 111 Å². The van der Waals surface area contributed by atoms with Crippen LogP contribution in [0.15, 0.2) is 12.3 Å². The van der Waals surface area contributed by atoms with Crippen molar-refractivity contribution in [2.45, 2.75) is 75.2 Å². The number of carboxylic acid groups (broad SMARTS) is 2. The summed E-state index contributed by atoms with van der Waals surface area (Å²) >= 11 is 8.13. The normalized spacial score (nSPS) is 16.1. The number of aliphatic carboxylic acids is 2. The Morgan fingerprint density at radius 2 is 1.32 bits per heavy atom. The van der Waals surface area contributed by atoms with Crippen molar-refractivity contribution in [3.8, 4) is 0 Å². The Morgan fingerprint density at radius 1 is 0.830 bits per heavy atom. The van der Waals surface area contributed by atoms with Gasteiger partial charge in [-0.1, -0.05) is 0 Å². The zero-order chi connectivity index (χ0) is 35.3. The Morgan fingerprint density at radius 3 is 1.79 bits per heavy atom. The Bertz CT molecular complexity index is 1350. The first-order valence-electron chi connectivity index (χ1n) is 14.7. The molecule has 17 nitrogen and oxygen atoms in total. The highest BCUT2D eigenvalue weighted by Gasteiger charge is 2.32. The van der Waals surface area contributed by atoms with Crippen LogP contribution in [0.2, 0.25) is 0 Å². The van der Waals surface area contributed by atoms with Gasteiger partial charge in [0.05, 0.1) is 19.0 Å². The number of aromatic nitrogens is 1. The van der Waals surface area contributed by atoms with E-state index in [1.807, 2.05) is 4.57 Å². The second-order valence-corrected chi connectivity index (χ2v) is 11.7. The summed E-state index contributed by atoms with van der Waals surface area (Å²) in [7, 11) is 0. The van der Waals surface area contributed by atoms with Gasteiger partial charge in [0.2, 0.25) is 23.6 Å². The van der Waals surface area contributed by atoms with Gasteiger partial charge in [0.15, 0.2) is 11.6 Å². The molecule has 1 aliphatic heterocycles. The van der Waals surface area contributed by atoms with E-state index in [9.17, 15) is 38.4 Å². The molecule has 5 atom stereocenters. The zero-order valence-corrected chi connectivity index (χ0v) is 27.3. The number of amides is 4. The number of fused-ring (bicyclic) bond motifs is 1. The third-order valence-electron chi connectivity index (χ3n) is 7.42. The van der Waals surface area contributed by atoms with Crippen molar-refractivity contribution in [3.05, 3.63) is 23.5 Å². The fraction of sp³-hybridized carbons (Fsp3) is 0.571. The van der Waals surface area contributed by atoms with Gasteiger partial charge < -0.3 is 47.5 Å². The van der Waals surface area contributed by atoms with E-state index in [0.717, 1.165) is 0 Å². The molecule has 0 aromatic carbocycles. The molecule has 47 heavy (non-hydrogen) atoms. The lowest BCUT2D eigenvalue weighted by Gasteiger charge is -2.18. The van der Waals surface area contributed by atoms with Gasteiger partial charge in [-0.2, -0.15) is 25.3 Å². The molecule has 0 fully saturated rings. The van der Waals surface area contributed by atoms with Gasteiger partial charge in [-0.05, 0) is 30.9 Å². The average molecular weight is 700 g/mol. The van der Waals surface area contributed by atoms with Crippen molar-refractivity contribution >= 4 is 72.4 Å². The number of thiol groups is 2. The minimum atomic E-state index is -1.25. The molecule has 0 spiro atoms. The van der Waals surface area contributed by atoms with E-state index in [-0.39, 0.29) is 68.3 Å². The molecule has 0 saturated carbocycles. The predicted molar refractivity (Wildman–Crippen MR) is 173 cm³/mol. The highest BCUT2D eigenvalue weighted by Crippen LogP contribution is 2.32. The summed E-state index contributed by atoms with van der Waals surface area (Å²) in [6.07, 6.45) is 1.41. The number of carboxylic acids is 2. The van der Waals surface area contributed by atoms with Gasteiger partial charge in [-0.3, -0.25) is 38.4 Å². The SMILES string of the molecule is N[C@@H](CCC(=O)N[C@@H](CS)C(=O)NCC(=O)Cc1ccn2c1[C@H](C(=O)CNC(=O)[C@H](CS)NC(=O)CC[C@H](N)C(=O)O)CC2)C(=O)O. The monoisotopic (exact) mass is 699 g/mol. The number of nitrogens with two attached hydrogens (primary N) is 2. The van der Waals surface area contributed by atoms with Gasteiger partial charge in [-0.25, -0.2) is 0 Å². The summed E-state index contributed by atoms with van der Waals surface area (Å²) in [4.78, 5) is 96.9. The first kappa shape index (κ1) is 39.2. The lowest BCUT2D eigenvalue weighted by molar-refractivity contribution is -0.140. The van der Waals surface area contributed by atoms with Crippen molar-refractivity contribution in [1.82, 2.24) is 25.8 Å². The molecule has 10 N–H and O–H groups in total. The molecule has 2 heterocycles. The largest absolute Gasteiger partial charge is 0.480 e. The number of hydrogen-bond donors (Lipinski definition) is 10. The molecule has 4 amide bonds. The second kappa shape index (κ2) is 19.0. The minimum absolute atomic E-state index is 0.0750. The summed E-state index contributed by atoms with van der Waals surface area (Å²) in [5.41, 5.74) is 12.0. The predicted octanol–water partition coefficient (Wildman–Crippen LogP) is -2.90. The third-order valence-corrected chi connectivity index (χ3v) is 8.15. The maximum Gasteiger partial charge on any atom is 0.320 e. The number of rotatable bonds is 21. The van der Waals surface area contributed by atoms with Gasteiger partial charge in [0.1, 0.15) is 24.2 Å². The smallest absolute Gasteiger partial charge is 0.320 e. The fourth-order valence-electron chi connectivity index (χ4n) is 4.76. The Balaban J connectivity index is 1.88. The van der Waals surface area contributed by atoms with Crippen molar-refractivity contribution in [3.63, 3.8) is 0 Å². The fourth-order valence-corrected chi connectivity index (χ4v) is 5.28. The van der Waals surface area contributed by atoms with Crippen molar-refractivity contribution in [2.24, 2.45) is 11.5 Å². The Hall–Kier alpha value is -3.94. The van der Waals surface area contributed by atoms with E-state index in [0.29, 0.717) is 24.2 Å². The van der Waals surface area contributed by atoms with Crippen LogP contribution >= 0.6 is 25.3 Å². The topological polar surface area (TPSA) is 282 Å². The summed E-state index contributed by atoms with van der Waals surface area (Å²) in [6.45, 7) is -0.193. The second-order valence-electron chi connectivity index (χ2n) is 11.0. The number of hydrogen-bond acceptors (Lipinski definition) is 12. The molecule has 0 unspecified atom stereocenters. The van der Waals surface area contributed by atoms with E-state index in [2.05, 4.69) is 46.5 Å². The van der Waals surface area contributed by atoms with Crippen LogP contribution in [0.25, 0.3) is 0 Å². The molecule has 0 radical (unpaired) electrons.